The molecule has 1 N–H and O–H groups in total. The zero-order chi connectivity index (χ0) is 18.9. The molecule has 0 saturated carbocycles. The van der Waals surface area contributed by atoms with Crippen molar-refractivity contribution in [3.8, 4) is 11.6 Å². The molecule has 27 heavy (non-hydrogen) atoms. The third-order valence-electron chi connectivity index (χ3n) is 4.59. The Morgan fingerprint density at radius 1 is 1.26 bits per heavy atom. The quantitative estimate of drug-likeness (QED) is 0.702. The largest absolute Gasteiger partial charge is 0.437 e. The molecule has 1 aromatic heterocycles. The van der Waals surface area contributed by atoms with E-state index in [2.05, 4.69) is 27.1 Å². The molecule has 6 nitrogen and oxygen atoms in total. The predicted octanol–water partition coefficient (Wildman–Crippen LogP) is 3.35. The summed E-state index contributed by atoms with van der Waals surface area (Å²) in [6, 6.07) is 10.1. The van der Waals surface area contributed by atoms with Gasteiger partial charge in [0.1, 0.15) is 5.75 Å². The van der Waals surface area contributed by atoms with Crippen molar-refractivity contribution >= 4 is 17.7 Å². The lowest BCUT2D eigenvalue weighted by atomic mass is 10.0. The smallest absolute Gasteiger partial charge is 0.252 e. The first-order chi connectivity index (χ1) is 13.2. The molecule has 1 fully saturated rings. The van der Waals surface area contributed by atoms with Crippen LogP contribution in [0.15, 0.2) is 47.8 Å². The van der Waals surface area contributed by atoms with Crippen molar-refractivity contribution < 1.29 is 9.53 Å². The van der Waals surface area contributed by atoms with Crippen LogP contribution in [0.2, 0.25) is 0 Å². The van der Waals surface area contributed by atoms with E-state index in [1.54, 1.807) is 12.4 Å². The van der Waals surface area contributed by atoms with Crippen molar-refractivity contribution in [2.45, 2.75) is 37.3 Å². The van der Waals surface area contributed by atoms with Gasteiger partial charge in [-0.1, -0.05) is 36.4 Å². The van der Waals surface area contributed by atoms with Crippen molar-refractivity contribution in [2.75, 3.05) is 25.4 Å². The topological polar surface area (TPSA) is 67.4 Å². The lowest BCUT2D eigenvalue weighted by molar-refractivity contribution is -0.118. The van der Waals surface area contributed by atoms with E-state index in [9.17, 15) is 4.79 Å². The number of hydrogen-bond acceptors (Lipinski definition) is 6. The van der Waals surface area contributed by atoms with Crippen LogP contribution in [0.3, 0.4) is 0 Å². The molecule has 7 heteroatoms. The Morgan fingerprint density at radius 2 is 2.07 bits per heavy atom. The molecule has 1 aliphatic rings. The minimum Gasteiger partial charge on any atom is -0.437 e. The molecule has 0 unspecified atom stereocenters. The van der Waals surface area contributed by atoms with Gasteiger partial charge in [-0.05, 0) is 38.4 Å². The van der Waals surface area contributed by atoms with Gasteiger partial charge in [-0.3, -0.25) is 9.69 Å². The predicted molar refractivity (Wildman–Crippen MR) is 107 cm³/mol. The van der Waals surface area contributed by atoms with E-state index in [-0.39, 0.29) is 5.91 Å². The molecule has 0 radical (unpaired) electrons. The number of piperidine rings is 1. The van der Waals surface area contributed by atoms with E-state index in [0.29, 0.717) is 35.0 Å². The second-order valence-corrected chi connectivity index (χ2v) is 7.57. The summed E-state index contributed by atoms with van der Waals surface area (Å²) < 4.78 is 5.78. The Kier molecular flexibility index (Phi) is 7.47. The molecule has 1 saturated heterocycles. The lowest BCUT2D eigenvalue weighted by Gasteiger charge is -2.33. The third kappa shape index (κ3) is 6.22. The van der Waals surface area contributed by atoms with Gasteiger partial charge in [-0.25, -0.2) is 9.97 Å². The minimum atomic E-state index is 0.000904. The van der Waals surface area contributed by atoms with E-state index >= 15 is 0 Å². The van der Waals surface area contributed by atoms with Gasteiger partial charge in [0.15, 0.2) is 5.03 Å². The fraction of sp³-hybridized carbons (Fsp3) is 0.450. The van der Waals surface area contributed by atoms with E-state index < -0.39 is 0 Å². The van der Waals surface area contributed by atoms with Crippen LogP contribution in [0, 0.1) is 0 Å². The Hall–Kier alpha value is -2.12. The summed E-state index contributed by atoms with van der Waals surface area (Å²) in [6.07, 6.45) is 7.01. The number of likely N-dealkylation sites (tertiary alicyclic amines) is 1. The number of carbonyl (C=O) groups is 1. The maximum Gasteiger partial charge on any atom is 0.252 e. The zero-order valence-corrected chi connectivity index (χ0v) is 16.5. The van der Waals surface area contributed by atoms with Crippen molar-refractivity contribution in [3.05, 3.63) is 42.7 Å². The number of aromatic nitrogens is 2. The molecule has 1 atom stereocenters. The summed E-state index contributed by atoms with van der Waals surface area (Å²) in [7, 11) is 0. The summed E-state index contributed by atoms with van der Waals surface area (Å²) in [4.78, 5) is 23.2. The van der Waals surface area contributed by atoms with Crippen LogP contribution >= 0.6 is 11.8 Å². The lowest BCUT2D eigenvalue weighted by Crippen LogP contribution is -2.42. The van der Waals surface area contributed by atoms with Crippen LogP contribution in [0.1, 0.15) is 26.2 Å². The molecule has 0 aliphatic carbocycles. The second-order valence-electron chi connectivity index (χ2n) is 6.60. The number of carbonyl (C=O) groups excluding carboxylic acids is 1. The summed E-state index contributed by atoms with van der Waals surface area (Å²) >= 11 is 1.34. The Bertz CT molecular complexity index is 729. The molecular formula is C20H26N4O2S. The number of ether oxygens (including phenoxy) is 1. The van der Waals surface area contributed by atoms with E-state index in [1.807, 2.05) is 30.3 Å². The normalized spacial score (nSPS) is 17.4. The van der Waals surface area contributed by atoms with Crippen molar-refractivity contribution in [1.82, 2.24) is 20.2 Å². The highest BCUT2D eigenvalue weighted by atomic mass is 32.2. The van der Waals surface area contributed by atoms with Gasteiger partial charge in [0.2, 0.25) is 5.91 Å². The fourth-order valence-electron chi connectivity index (χ4n) is 3.10. The number of thioether (sulfide) groups is 1. The maximum atomic E-state index is 12.2. The van der Waals surface area contributed by atoms with Gasteiger partial charge in [0.05, 0.1) is 5.75 Å². The molecule has 1 aliphatic heterocycles. The van der Waals surface area contributed by atoms with E-state index in [1.165, 1.54) is 31.0 Å². The van der Waals surface area contributed by atoms with Gasteiger partial charge >= 0.3 is 0 Å². The molecule has 3 rings (SSSR count). The number of benzene rings is 1. The summed E-state index contributed by atoms with van der Waals surface area (Å²) in [5, 5.41) is 3.61. The van der Waals surface area contributed by atoms with E-state index in [0.717, 1.165) is 13.1 Å². The van der Waals surface area contributed by atoms with Crippen molar-refractivity contribution in [3.63, 3.8) is 0 Å². The molecule has 1 amide bonds. The van der Waals surface area contributed by atoms with Crippen LogP contribution in [0.25, 0.3) is 0 Å². The summed E-state index contributed by atoms with van der Waals surface area (Å²) in [5.74, 6) is 1.41. The SMILES string of the molecule is C[C@@H]1CCCCN1CCNC(=O)CSc1nccnc1Oc1ccccc1. The van der Waals surface area contributed by atoms with Crippen LogP contribution in [0.4, 0.5) is 0 Å². The molecule has 2 heterocycles. The highest BCUT2D eigenvalue weighted by Gasteiger charge is 2.17. The molecule has 1 aromatic carbocycles. The van der Waals surface area contributed by atoms with Gasteiger partial charge in [0.25, 0.3) is 5.88 Å². The first-order valence-corrected chi connectivity index (χ1v) is 10.4. The average Bonchev–Trinajstić information content (AvgIpc) is 2.70. The standard InChI is InChI=1S/C20H26N4O2S/c1-16-7-5-6-13-24(16)14-12-21-18(25)15-27-20-19(22-10-11-23-20)26-17-8-3-2-4-9-17/h2-4,8-11,16H,5-7,12-15H2,1H3,(H,21,25)/t16-/m1/s1. The number of hydrogen-bond donors (Lipinski definition) is 1. The zero-order valence-electron chi connectivity index (χ0n) is 15.6. The van der Waals surface area contributed by atoms with E-state index in [4.69, 9.17) is 4.74 Å². The molecular weight excluding hydrogens is 360 g/mol. The van der Waals surface area contributed by atoms with Gasteiger partial charge in [-0.15, -0.1) is 0 Å². The van der Waals surface area contributed by atoms with Gasteiger partial charge in [-0.2, -0.15) is 0 Å². The number of nitrogens with zero attached hydrogens (tertiary/aromatic N) is 3. The third-order valence-corrected chi connectivity index (χ3v) is 5.55. The molecule has 2 aromatic rings. The second kappa shape index (κ2) is 10.3. The number of rotatable bonds is 8. The van der Waals surface area contributed by atoms with Crippen molar-refractivity contribution in [1.29, 1.82) is 0 Å². The van der Waals surface area contributed by atoms with Gasteiger partial charge < -0.3 is 10.1 Å². The average molecular weight is 387 g/mol. The molecule has 0 bridgehead atoms. The van der Waals surface area contributed by atoms with Gasteiger partial charge in [0, 0.05) is 31.5 Å². The highest BCUT2D eigenvalue weighted by molar-refractivity contribution is 8.00. The Labute approximate surface area is 164 Å². The number of amides is 1. The maximum absolute atomic E-state index is 12.2. The number of nitrogens with one attached hydrogen (secondary N) is 1. The summed E-state index contributed by atoms with van der Waals surface area (Å²) in [6.45, 7) is 4.98. The summed E-state index contributed by atoms with van der Waals surface area (Å²) in [5.41, 5.74) is 0. The Balaban J connectivity index is 1.44. The van der Waals surface area contributed by atoms with Crippen LogP contribution in [-0.2, 0) is 4.79 Å². The first-order valence-electron chi connectivity index (χ1n) is 9.40. The minimum absolute atomic E-state index is 0.000904. The molecule has 144 valence electrons. The Morgan fingerprint density at radius 3 is 2.89 bits per heavy atom. The van der Waals surface area contributed by atoms with Crippen LogP contribution < -0.4 is 10.1 Å². The molecule has 0 spiro atoms. The van der Waals surface area contributed by atoms with Crippen LogP contribution in [0.5, 0.6) is 11.6 Å². The monoisotopic (exact) mass is 386 g/mol. The highest BCUT2D eigenvalue weighted by Crippen LogP contribution is 2.28. The van der Waals surface area contributed by atoms with Crippen molar-refractivity contribution in [2.24, 2.45) is 0 Å². The first kappa shape index (κ1) is 19.6. The van der Waals surface area contributed by atoms with Crippen LogP contribution in [-0.4, -0.2) is 52.2 Å². The fourth-order valence-corrected chi connectivity index (χ4v) is 3.82. The number of para-hydroxylation sites is 1.